The molecule has 178 valence electrons. The molecule has 3 aliphatic rings. The Morgan fingerprint density at radius 2 is 1.55 bits per heavy atom. The largest absolute Gasteiger partial charge is 0.345 e. The maximum absolute atomic E-state index is 10.9. The van der Waals surface area contributed by atoms with Gasteiger partial charge in [0.15, 0.2) is 0 Å². The van der Waals surface area contributed by atoms with Crippen molar-refractivity contribution in [2.24, 2.45) is 5.41 Å². The van der Waals surface area contributed by atoms with E-state index in [9.17, 15) is 4.79 Å². The molecule has 1 spiro atoms. The molecule has 5 rings (SSSR count). The number of aryl methyl sites for hydroxylation is 2. The fourth-order valence-electron chi connectivity index (χ4n) is 6.57. The topological polar surface area (TPSA) is 32.3 Å². The normalized spacial score (nSPS) is 23.6. The monoisotopic (exact) mass is 446 g/mol. The number of amides is 1. The molecular formula is C30H42N2O. The first-order chi connectivity index (χ1) is 15.9. The van der Waals surface area contributed by atoms with E-state index in [1.54, 1.807) is 5.56 Å². The standard InChI is InChI=1S/C16H22N2O.C14H20/c19-13-18-10-7-16(8-11-18)6-9-17-12-15(16)14-4-2-1-3-5-14;1-11-8-12(2)10-13(9-11)14(3)6-4-5-7-14/h1-5,13,15,17H,6-12H2;8-10H,4-7H2,1-3H3. The fourth-order valence-corrected chi connectivity index (χ4v) is 6.57. The Bertz CT molecular complexity index is 888. The van der Waals surface area contributed by atoms with Crippen molar-refractivity contribution in [3.8, 4) is 0 Å². The van der Waals surface area contributed by atoms with Crippen molar-refractivity contribution >= 4 is 6.41 Å². The molecule has 1 N–H and O–H groups in total. The highest BCUT2D eigenvalue weighted by Gasteiger charge is 2.43. The first-order valence-corrected chi connectivity index (χ1v) is 13.0. The summed E-state index contributed by atoms with van der Waals surface area (Å²) in [7, 11) is 0. The van der Waals surface area contributed by atoms with Gasteiger partial charge in [0.1, 0.15) is 0 Å². The van der Waals surface area contributed by atoms with Gasteiger partial charge in [0.2, 0.25) is 6.41 Å². The highest BCUT2D eigenvalue weighted by Crippen LogP contribution is 2.48. The van der Waals surface area contributed by atoms with E-state index < -0.39 is 0 Å². The molecule has 1 amide bonds. The van der Waals surface area contributed by atoms with Gasteiger partial charge in [-0.2, -0.15) is 0 Å². The molecule has 2 aromatic carbocycles. The molecule has 3 nitrogen and oxygen atoms in total. The van der Waals surface area contributed by atoms with Gasteiger partial charge in [0, 0.05) is 25.6 Å². The molecule has 2 aromatic rings. The van der Waals surface area contributed by atoms with Crippen LogP contribution in [0.2, 0.25) is 0 Å². The lowest BCUT2D eigenvalue weighted by atomic mass is 9.63. The van der Waals surface area contributed by atoms with E-state index in [1.165, 1.54) is 48.8 Å². The fraction of sp³-hybridized carbons (Fsp3) is 0.567. The molecule has 3 heteroatoms. The van der Waals surface area contributed by atoms with Crippen LogP contribution in [0.1, 0.15) is 80.0 Å². The van der Waals surface area contributed by atoms with Gasteiger partial charge in [-0.25, -0.2) is 0 Å². The van der Waals surface area contributed by atoms with Gasteiger partial charge in [-0.1, -0.05) is 79.4 Å². The summed E-state index contributed by atoms with van der Waals surface area (Å²) in [6.07, 6.45) is 10.1. The second kappa shape index (κ2) is 10.4. The Kier molecular flexibility index (Phi) is 7.58. The molecule has 1 aliphatic carbocycles. The van der Waals surface area contributed by atoms with E-state index in [0.717, 1.165) is 45.4 Å². The molecular weight excluding hydrogens is 404 g/mol. The van der Waals surface area contributed by atoms with Crippen molar-refractivity contribution in [2.45, 2.75) is 77.0 Å². The second-order valence-electron chi connectivity index (χ2n) is 11.1. The molecule has 1 atom stereocenters. The van der Waals surface area contributed by atoms with E-state index in [-0.39, 0.29) is 0 Å². The van der Waals surface area contributed by atoms with Gasteiger partial charge in [-0.05, 0) is 74.5 Å². The smallest absolute Gasteiger partial charge is 0.209 e. The SMILES string of the molecule is Cc1cc(C)cc(C2(C)CCCC2)c1.O=CN1CCC2(CCNCC2c2ccccc2)CC1. The summed E-state index contributed by atoms with van der Waals surface area (Å²) in [6, 6.07) is 17.9. The maximum atomic E-state index is 10.9. The van der Waals surface area contributed by atoms with Gasteiger partial charge in [-0.15, -0.1) is 0 Å². The Hall–Kier alpha value is -2.13. The molecule has 2 saturated heterocycles. The second-order valence-corrected chi connectivity index (χ2v) is 11.1. The van der Waals surface area contributed by atoms with Crippen molar-refractivity contribution in [3.63, 3.8) is 0 Å². The van der Waals surface area contributed by atoms with Crippen LogP contribution < -0.4 is 5.32 Å². The molecule has 1 unspecified atom stereocenters. The number of carbonyl (C=O) groups excluding carboxylic acids is 1. The van der Waals surface area contributed by atoms with Crippen molar-refractivity contribution in [1.29, 1.82) is 0 Å². The molecule has 0 aromatic heterocycles. The van der Waals surface area contributed by atoms with E-state index >= 15 is 0 Å². The van der Waals surface area contributed by atoms with Crippen molar-refractivity contribution < 1.29 is 4.79 Å². The van der Waals surface area contributed by atoms with E-state index in [4.69, 9.17) is 0 Å². The molecule has 33 heavy (non-hydrogen) atoms. The van der Waals surface area contributed by atoms with Crippen molar-refractivity contribution in [3.05, 3.63) is 70.8 Å². The van der Waals surface area contributed by atoms with Gasteiger partial charge in [0.25, 0.3) is 0 Å². The molecule has 3 fully saturated rings. The molecule has 2 aliphatic heterocycles. The number of piperidine rings is 2. The summed E-state index contributed by atoms with van der Waals surface area (Å²) in [5.74, 6) is 0.594. The lowest BCUT2D eigenvalue weighted by Crippen LogP contribution is -2.49. The minimum absolute atomic E-state index is 0.395. The van der Waals surface area contributed by atoms with Crippen LogP contribution in [0, 0.1) is 19.3 Å². The number of carbonyl (C=O) groups is 1. The first kappa shape index (κ1) is 24.0. The number of hydrogen-bond acceptors (Lipinski definition) is 2. The zero-order valence-corrected chi connectivity index (χ0v) is 20.9. The van der Waals surface area contributed by atoms with E-state index in [0.29, 0.717) is 16.7 Å². The quantitative estimate of drug-likeness (QED) is 0.575. The molecule has 1 saturated carbocycles. The number of likely N-dealkylation sites (tertiary alicyclic amines) is 1. The average Bonchev–Trinajstić information content (AvgIpc) is 3.28. The van der Waals surface area contributed by atoms with Crippen LogP contribution >= 0.6 is 0 Å². The number of nitrogens with one attached hydrogen (secondary N) is 1. The van der Waals surface area contributed by atoms with Crippen LogP contribution in [0.25, 0.3) is 0 Å². The van der Waals surface area contributed by atoms with Gasteiger partial charge in [-0.3, -0.25) is 4.79 Å². The highest BCUT2D eigenvalue weighted by atomic mass is 16.1. The molecule has 0 radical (unpaired) electrons. The average molecular weight is 447 g/mol. The molecule has 0 bridgehead atoms. The Balaban J connectivity index is 0.000000165. The van der Waals surface area contributed by atoms with Crippen molar-refractivity contribution in [1.82, 2.24) is 10.2 Å². The Morgan fingerprint density at radius 1 is 0.909 bits per heavy atom. The number of rotatable bonds is 3. The lowest BCUT2D eigenvalue weighted by molar-refractivity contribution is -0.120. The Morgan fingerprint density at radius 3 is 2.15 bits per heavy atom. The number of hydrogen-bond donors (Lipinski definition) is 1. The third-order valence-corrected chi connectivity index (χ3v) is 8.66. The van der Waals surface area contributed by atoms with Crippen LogP contribution in [0.4, 0.5) is 0 Å². The van der Waals surface area contributed by atoms with Crippen LogP contribution in [0.3, 0.4) is 0 Å². The van der Waals surface area contributed by atoms with Crippen molar-refractivity contribution in [2.75, 3.05) is 26.2 Å². The summed E-state index contributed by atoms with van der Waals surface area (Å²) < 4.78 is 0. The lowest BCUT2D eigenvalue weighted by Gasteiger charge is -2.49. The zero-order chi connectivity index (χ0) is 23.3. The number of benzene rings is 2. The Labute approximate surface area is 201 Å². The minimum Gasteiger partial charge on any atom is -0.345 e. The highest BCUT2D eigenvalue weighted by molar-refractivity contribution is 5.47. The summed E-state index contributed by atoms with van der Waals surface area (Å²) in [4.78, 5) is 12.8. The predicted molar refractivity (Wildman–Crippen MR) is 138 cm³/mol. The summed E-state index contributed by atoms with van der Waals surface area (Å²) in [6.45, 7) is 10.9. The maximum Gasteiger partial charge on any atom is 0.209 e. The van der Waals surface area contributed by atoms with Gasteiger partial charge >= 0.3 is 0 Å². The first-order valence-electron chi connectivity index (χ1n) is 13.0. The van der Waals surface area contributed by atoms with Crippen LogP contribution in [-0.2, 0) is 10.2 Å². The zero-order valence-electron chi connectivity index (χ0n) is 20.9. The summed E-state index contributed by atoms with van der Waals surface area (Å²) in [5, 5.41) is 3.55. The predicted octanol–water partition coefficient (Wildman–Crippen LogP) is 6.14. The third kappa shape index (κ3) is 5.51. The van der Waals surface area contributed by atoms with E-state index in [1.807, 2.05) is 4.90 Å². The number of nitrogens with zero attached hydrogens (tertiary/aromatic N) is 1. The van der Waals surface area contributed by atoms with E-state index in [2.05, 4.69) is 74.6 Å². The minimum atomic E-state index is 0.395. The summed E-state index contributed by atoms with van der Waals surface area (Å²) >= 11 is 0. The third-order valence-electron chi connectivity index (χ3n) is 8.66. The van der Waals surface area contributed by atoms with Crippen LogP contribution in [0.5, 0.6) is 0 Å². The van der Waals surface area contributed by atoms with Gasteiger partial charge < -0.3 is 10.2 Å². The van der Waals surface area contributed by atoms with Crippen LogP contribution in [0.15, 0.2) is 48.5 Å². The summed E-state index contributed by atoms with van der Waals surface area (Å²) in [5.41, 5.74) is 6.70. The van der Waals surface area contributed by atoms with Crippen LogP contribution in [-0.4, -0.2) is 37.5 Å². The molecule has 2 heterocycles. The van der Waals surface area contributed by atoms with Gasteiger partial charge in [0.05, 0.1) is 0 Å².